The Kier molecular flexibility index (Phi) is 4.40. The van der Waals surface area contributed by atoms with Crippen LogP contribution in [0.5, 0.6) is 0 Å². The van der Waals surface area contributed by atoms with Gasteiger partial charge in [-0.05, 0) is 6.07 Å². The standard InChI is InChI=1S/C14H16ClN3OS/c1-14(2,3)11-8-20-12(18-11)7-17-13(19)9-4-5-16-6-10(9)15/h4-6,8H,7H2,1-3H3,(H,17,19). The van der Waals surface area contributed by atoms with Crippen molar-refractivity contribution in [3.8, 4) is 0 Å². The summed E-state index contributed by atoms with van der Waals surface area (Å²) in [6, 6.07) is 1.60. The second-order valence-electron chi connectivity index (χ2n) is 5.41. The monoisotopic (exact) mass is 309 g/mol. The SMILES string of the molecule is CC(C)(C)c1csc(CNC(=O)c2ccncc2Cl)n1. The predicted molar refractivity (Wildman–Crippen MR) is 81.2 cm³/mol. The van der Waals surface area contributed by atoms with Crippen LogP contribution in [0.25, 0.3) is 0 Å². The second kappa shape index (κ2) is 5.89. The van der Waals surface area contributed by atoms with Gasteiger partial charge < -0.3 is 5.32 Å². The molecule has 2 heterocycles. The Morgan fingerprint density at radius 1 is 1.45 bits per heavy atom. The molecule has 0 aliphatic heterocycles. The van der Waals surface area contributed by atoms with Crippen molar-refractivity contribution in [3.05, 3.63) is 45.1 Å². The molecule has 0 unspecified atom stereocenters. The minimum Gasteiger partial charge on any atom is -0.345 e. The van der Waals surface area contributed by atoms with Gasteiger partial charge in [-0.15, -0.1) is 11.3 Å². The van der Waals surface area contributed by atoms with Crippen LogP contribution in [0.1, 0.15) is 41.8 Å². The quantitative estimate of drug-likeness (QED) is 0.945. The van der Waals surface area contributed by atoms with E-state index in [4.69, 9.17) is 11.6 Å². The highest BCUT2D eigenvalue weighted by Gasteiger charge is 2.17. The summed E-state index contributed by atoms with van der Waals surface area (Å²) in [5.74, 6) is -0.218. The zero-order valence-electron chi connectivity index (χ0n) is 11.6. The van der Waals surface area contributed by atoms with Crippen LogP contribution in [0, 0.1) is 0 Å². The van der Waals surface area contributed by atoms with Gasteiger partial charge in [0.2, 0.25) is 0 Å². The highest BCUT2D eigenvalue weighted by atomic mass is 35.5. The Hall–Kier alpha value is -1.46. The van der Waals surface area contributed by atoms with E-state index in [0.717, 1.165) is 10.7 Å². The van der Waals surface area contributed by atoms with Crippen molar-refractivity contribution in [2.24, 2.45) is 0 Å². The third-order valence-electron chi connectivity index (χ3n) is 2.74. The van der Waals surface area contributed by atoms with Gasteiger partial charge in [0.1, 0.15) is 5.01 Å². The Bertz CT molecular complexity index is 619. The molecular weight excluding hydrogens is 294 g/mol. The number of rotatable bonds is 3. The number of thiazole rings is 1. The summed E-state index contributed by atoms with van der Waals surface area (Å²) in [5.41, 5.74) is 1.48. The van der Waals surface area contributed by atoms with Crippen molar-refractivity contribution in [2.45, 2.75) is 32.7 Å². The zero-order valence-corrected chi connectivity index (χ0v) is 13.2. The van der Waals surface area contributed by atoms with Gasteiger partial charge >= 0.3 is 0 Å². The van der Waals surface area contributed by atoms with Crippen LogP contribution in [0.3, 0.4) is 0 Å². The molecule has 1 N–H and O–H groups in total. The number of nitrogens with one attached hydrogen (secondary N) is 1. The number of pyridine rings is 1. The molecule has 2 aromatic rings. The lowest BCUT2D eigenvalue weighted by molar-refractivity contribution is 0.0951. The van der Waals surface area contributed by atoms with E-state index in [9.17, 15) is 4.79 Å². The molecule has 0 atom stereocenters. The van der Waals surface area contributed by atoms with Gasteiger partial charge in [-0.25, -0.2) is 4.98 Å². The minimum absolute atomic E-state index is 0.0210. The van der Waals surface area contributed by atoms with E-state index in [2.05, 4.69) is 36.1 Å². The molecule has 0 aromatic carbocycles. The maximum atomic E-state index is 12.0. The maximum absolute atomic E-state index is 12.0. The number of nitrogens with zero attached hydrogens (tertiary/aromatic N) is 2. The van der Waals surface area contributed by atoms with E-state index in [0.29, 0.717) is 17.1 Å². The number of halogens is 1. The first-order valence-corrected chi connectivity index (χ1v) is 7.46. The van der Waals surface area contributed by atoms with Gasteiger partial charge in [-0.3, -0.25) is 9.78 Å². The minimum atomic E-state index is -0.218. The van der Waals surface area contributed by atoms with Crippen LogP contribution in [-0.4, -0.2) is 15.9 Å². The fourth-order valence-electron chi connectivity index (χ4n) is 1.55. The van der Waals surface area contributed by atoms with Crippen molar-refractivity contribution < 1.29 is 4.79 Å². The molecule has 0 fully saturated rings. The Morgan fingerprint density at radius 3 is 2.80 bits per heavy atom. The first-order valence-electron chi connectivity index (χ1n) is 6.20. The number of amides is 1. The zero-order chi connectivity index (χ0) is 14.8. The summed E-state index contributed by atoms with van der Waals surface area (Å²) in [6.07, 6.45) is 3.00. The molecule has 4 nitrogen and oxygen atoms in total. The molecular formula is C14H16ClN3OS. The van der Waals surface area contributed by atoms with E-state index in [1.807, 2.05) is 5.38 Å². The van der Waals surface area contributed by atoms with Crippen molar-refractivity contribution in [3.63, 3.8) is 0 Å². The van der Waals surface area contributed by atoms with Crippen molar-refractivity contribution in [1.29, 1.82) is 0 Å². The van der Waals surface area contributed by atoms with Crippen molar-refractivity contribution in [2.75, 3.05) is 0 Å². The van der Waals surface area contributed by atoms with Gasteiger partial charge in [0.25, 0.3) is 5.91 Å². The Morgan fingerprint density at radius 2 is 2.20 bits per heavy atom. The molecule has 0 aliphatic carbocycles. The highest BCUT2D eigenvalue weighted by Crippen LogP contribution is 2.23. The molecule has 2 rings (SSSR count). The third kappa shape index (κ3) is 3.55. The summed E-state index contributed by atoms with van der Waals surface area (Å²) in [6.45, 7) is 6.74. The van der Waals surface area contributed by atoms with Crippen LogP contribution < -0.4 is 5.32 Å². The lowest BCUT2D eigenvalue weighted by atomic mass is 9.93. The van der Waals surface area contributed by atoms with Crippen LogP contribution in [0.2, 0.25) is 5.02 Å². The first kappa shape index (κ1) is 14.9. The predicted octanol–water partition coefficient (Wildman–Crippen LogP) is 3.42. The average molecular weight is 310 g/mol. The summed E-state index contributed by atoms with van der Waals surface area (Å²) in [4.78, 5) is 20.4. The number of carbonyl (C=O) groups excluding carboxylic acids is 1. The van der Waals surface area contributed by atoms with Gasteiger partial charge in [0.15, 0.2) is 0 Å². The Balaban J connectivity index is 2.01. The maximum Gasteiger partial charge on any atom is 0.253 e. The number of hydrogen-bond acceptors (Lipinski definition) is 4. The van der Waals surface area contributed by atoms with E-state index < -0.39 is 0 Å². The lowest BCUT2D eigenvalue weighted by Gasteiger charge is -2.14. The number of carbonyl (C=O) groups is 1. The molecule has 0 radical (unpaired) electrons. The van der Waals surface area contributed by atoms with Crippen LogP contribution in [0.4, 0.5) is 0 Å². The van der Waals surface area contributed by atoms with E-state index in [1.165, 1.54) is 6.20 Å². The largest absolute Gasteiger partial charge is 0.345 e. The number of hydrogen-bond donors (Lipinski definition) is 1. The van der Waals surface area contributed by atoms with Crippen molar-refractivity contribution in [1.82, 2.24) is 15.3 Å². The summed E-state index contributed by atoms with van der Waals surface area (Å²) >= 11 is 7.48. The fraction of sp³-hybridized carbons (Fsp3) is 0.357. The van der Waals surface area contributed by atoms with Crippen LogP contribution in [0.15, 0.2) is 23.8 Å². The molecule has 2 aromatic heterocycles. The first-order chi connectivity index (χ1) is 9.38. The fourth-order valence-corrected chi connectivity index (χ4v) is 2.71. The summed E-state index contributed by atoms with van der Waals surface area (Å²) in [7, 11) is 0. The molecule has 0 saturated carbocycles. The van der Waals surface area contributed by atoms with Crippen LogP contribution in [-0.2, 0) is 12.0 Å². The normalized spacial score (nSPS) is 11.4. The van der Waals surface area contributed by atoms with Gasteiger partial charge in [0.05, 0.1) is 22.8 Å². The van der Waals surface area contributed by atoms with Crippen molar-refractivity contribution >= 4 is 28.8 Å². The van der Waals surface area contributed by atoms with Crippen LogP contribution >= 0.6 is 22.9 Å². The second-order valence-corrected chi connectivity index (χ2v) is 6.76. The van der Waals surface area contributed by atoms with Gasteiger partial charge in [0, 0.05) is 23.2 Å². The molecule has 6 heteroatoms. The third-order valence-corrected chi connectivity index (χ3v) is 3.89. The molecule has 1 amide bonds. The smallest absolute Gasteiger partial charge is 0.253 e. The van der Waals surface area contributed by atoms with E-state index in [1.54, 1.807) is 23.6 Å². The van der Waals surface area contributed by atoms with E-state index in [-0.39, 0.29) is 11.3 Å². The molecule has 0 spiro atoms. The highest BCUT2D eigenvalue weighted by molar-refractivity contribution is 7.09. The lowest BCUT2D eigenvalue weighted by Crippen LogP contribution is -2.23. The van der Waals surface area contributed by atoms with Gasteiger partial charge in [-0.2, -0.15) is 0 Å². The molecule has 106 valence electrons. The summed E-state index contributed by atoms with van der Waals surface area (Å²) in [5, 5.41) is 6.08. The molecule has 20 heavy (non-hydrogen) atoms. The topological polar surface area (TPSA) is 54.9 Å². The van der Waals surface area contributed by atoms with E-state index >= 15 is 0 Å². The molecule has 0 saturated heterocycles. The Labute approximate surface area is 127 Å². The number of aromatic nitrogens is 2. The molecule has 0 aliphatic rings. The summed E-state index contributed by atoms with van der Waals surface area (Å²) < 4.78 is 0. The molecule has 0 bridgehead atoms. The average Bonchev–Trinajstić information content (AvgIpc) is 2.85. The van der Waals surface area contributed by atoms with Gasteiger partial charge in [-0.1, -0.05) is 32.4 Å².